The Kier molecular flexibility index (Phi) is 23.5. The van der Waals surface area contributed by atoms with Gasteiger partial charge < -0.3 is 0 Å². The van der Waals surface area contributed by atoms with Crippen molar-refractivity contribution in [2.75, 3.05) is 0 Å². The van der Waals surface area contributed by atoms with Crippen molar-refractivity contribution in [2.24, 2.45) is 0 Å². The molecule has 692 valence electrons. The number of rotatable bonds is 8. The highest BCUT2D eigenvalue weighted by Crippen LogP contribution is 2.53. The average Bonchev–Trinajstić information content (AvgIpc) is 0.725. The van der Waals surface area contributed by atoms with Gasteiger partial charge in [-0.15, -0.1) is 0 Å². The molecule has 0 aromatic heterocycles. The van der Waals surface area contributed by atoms with Crippen LogP contribution in [0.5, 0.6) is 0 Å². The molecule has 0 aliphatic rings. The van der Waals surface area contributed by atoms with Gasteiger partial charge in [0, 0.05) is 0 Å². The molecular weight excluding hydrogens is 1730 g/mol. The SMILES string of the molecule is CC(C)(C)c1ccc2c(-c3ccc4ccccc4c3)c3ccccc3c(-c3ccc4ccccc4c3)c2c1.CC(C)(C)c1ccc2c(-c3cccc4ccccc34)c3ccccc3c(-c3cccc4ccccc34)c2c1.CC(C)(C)c1ccc2c(-c3ccccc3)c3ccccc3c(-c3ccc4ccccc4c3)c2c1.CC(C)(C)c1ccc2c(-c3ccccc3)c3ccccc3c(-c3cccc4ccccc34)c2c1. The van der Waals surface area contributed by atoms with Gasteiger partial charge in [0.15, 0.2) is 0 Å². The van der Waals surface area contributed by atoms with Crippen molar-refractivity contribution in [1.29, 1.82) is 0 Å². The summed E-state index contributed by atoms with van der Waals surface area (Å²) < 4.78 is 0. The van der Waals surface area contributed by atoms with Crippen LogP contribution in [0.1, 0.15) is 105 Å². The van der Waals surface area contributed by atoms with E-state index in [0.717, 1.165) is 0 Å². The topological polar surface area (TPSA) is 0 Å². The predicted octanol–water partition coefficient (Wildman–Crippen LogP) is 41.4. The largest absolute Gasteiger partial charge is 0.0622 e. The molecule has 144 heavy (non-hydrogen) atoms. The van der Waals surface area contributed by atoms with Crippen LogP contribution in [-0.4, -0.2) is 0 Å². The van der Waals surface area contributed by atoms with Crippen molar-refractivity contribution in [1.82, 2.24) is 0 Å². The summed E-state index contributed by atoms with van der Waals surface area (Å²) in [5.41, 5.74) is 26.4. The summed E-state index contributed by atoms with van der Waals surface area (Å²) in [6, 6.07) is 179. The first-order valence-corrected chi connectivity index (χ1v) is 51.0. The Balaban J connectivity index is 0.000000106. The molecule has 26 rings (SSSR count). The van der Waals surface area contributed by atoms with E-state index in [4.69, 9.17) is 0 Å². The second-order valence-electron chi connectivity index (χ2n) is 43.2. The van der Waals surface area contributed by atoms with Crippen LogP contribution >= 0.6 is 0 Å². The van der Waals surface area contributed by atoms with Gasteiger partial charge in [0.05, 0.1) is 0 Å². The van der Waals surface area contributed by atoms with Crippen LogP contribution in [0.4, 0.5) is 0 Å². The third kappa shape index (κ3) is 16.9. The summed E-state index contributed by atoms with van der Waals surface area (Å²) >= 11 is 0. The fourth-order valence-electron chi connectivity index (χ4n) is 22.6. The molecule has 0 aliphatic heterocycles. The van der Waals surface area contributed by atoms with Crippen molar-refractivity contribution in [2.45, 2.75) is 105 Å². The Bertz CT molecular complexity index is 9510. The first kappa shape index (κ1) is 91.2. The van der Waals surface area contributed by atoms with E-state index in [9.17, 15) is 0 Å². The molecule has 0 radical (unpaired) electrons. The molecule has 0 saturated heterocycles. The van der Waals surface area contributed by atoms with Crippen molar-refractivity contribution < 1.29 is 0 Å². The maximum Gasteiger partial charge on any atom is -0.00200 e. The minimum atomic E-state index is 0.0511. The van der Waals surface area contributed by atoms with Crippen LogP contribution < -0.4 is 0 Å². The standard InChI is InChI=1S/2C38H30.2C34H28/c1-38(2,3)27-22-23-34-35(24-27)37(31-21-11-15-26-13-5-7-17-29(26)31)33-19-9-8-18-32(33)36(34)30-20-10-14-25-12-4-6-16-28(25)30;1-38(2,3)31-20-21-34-35(24-31)37(30-19-17-26-11-5-7-13-28(26)23-30)33-15-9-8-14-32(33)36(34)29-18-16-25-10-4-6-12-27(25)22-29;1-34(2,3)25-20-21-30-31(22-25)33(27-19-11-15-23-12-7-8-16-26(23)27)29-18-10-9-17-28(29)32(30)24-13-5-4-6-14-24;1-34(2,3)27-19-20-30-31(22-27)33(26-18-17-23-11-7-8-14-25(23)21-26)29-16-10-9-15-28(29)32(30)24-12-5-4-6-13-24/h2*4-24H,1-3H3;2*4-22H,1-3H3. The Morgan fingerprint density at radius 1 is 0.104 bits per heavy atom. The second-order valence-corrected chi connectivity index (χ2v) is 43.2. The number of hydrogen-bond acceptors (Lipinski definition) is 0. The van der Waals surface area contributed by atoms with E-state index in [0.29, 0.717) is 0 Å². The fraction of sp³-hybridized carbons (Fsp3) is 0.111. The van der Waals surface area contributed by atoms with Crippen molar-refractivity contribution in [3.8, 4) is 89.0 Å². The third-order valence-corrected chi connectivity index (χ3v) is 30.0. The number of fused-ring (bicyclic) bond motifs is 14. The van der Waals surface area contributed by atoms with Gasteiger partial charge in [-0.2, -0.15) is 0 Å². The van der Waals surface area contributed by atoms with E-state index in [-0.39, 0.29) is 21.7 Å². The van der Waals surface area contributed by atoms with E-state index >= 15 is 0 Å². The molecule has 0 amide bonds. The van der Waals surface area contributed by atoms with Gasteiger partial charge in [-0.1, -0.05) is 526 Å². The smallest absolute Gasteiger partial charge is 0.00200 e. The van der Waals surface area contributed by atoms with Crippen molar-refractivity contribution in [3.05, 3.63) is 508 Å². The minimum Gasteiger partial charge on any atom is -0.0622 e. The van der Waals surface area contributed by atoms with Crippen LogP contribution in [0.15, 0.2) is 485 Å². The molecule has 0 N–H and O–H groups in total. The number of hydrogen-bond donors (Lipinski definition) is 0. The monoisotopic (exact) mass is 1840 g/mol. The lowest BCUT2D eigenvalue weighted by Gasteiger charge is -2.23. The summed E-state index contributed by atoms with van der Waals surface area (Å²) in [4.78, 5) is 0. The zero-order chi connectivity index (χ0) is 98.3. The Hall–Kier alpha value is -16.6. The minimum absolute atomic E-state index is 0.0511. The highest BCUT2D eigenvalue weighted by atomic mass is 14.3. The number of benzene rings is 26. The van der Waals surface area contributed by atoms with E-state index in [2.05, 4.69) is 568 Å². The summed E-state index contributed by atoms with van der Waals surface area (Å²) in [5.74, 6) is 0. The predicted molar refractivity (Wildman–Crippen MR) is 629 cm³/mol. The van der Waals surface area contributed by atoms with Crippen molar-refractivity contribution >= 4 is 151 Å². The molecule has 26 aromatic carbocycles. The first-order chi connectivity index (χ1) is 70.0. The molecule has 0 spiro atoms. The summed E-state index contributed by atoms with van der Waals surface area (Å²) in [5, 5.41) is 36.2. The normalized spacial score (nSPS) is 12.0. The van der Waals surface area contributed by atoms with E-state index in [1.807, 2.05) is 0 Å². The Morgan fingerprint density at radius 2 is 0.285 bits per heavy atom. The zero-order valence-corrected chi connectivity index (χ0v) is 84.2. The molecule has 0 saturated carbocycles. The first-order valence-electron chi connectivity index (χ1n) is 51.0. The molecule has 0 nitrogen and oxygen atoms in total. The van der Waals surface area contributed by atoms with Gasteiger partial charge in [-0.25, -0.2) is 0 Å². The molecule has 26 aromatic rings. The molecular formula is C144H116. The van der Waals surface area contributed by atoms with Crippen LogP contribution in [0.3, 0.4) is 0 Å². The zero-order valence-electron chi connectivity index (χ0n) is 84.2. The molecule has 0 atom stereocenters. The van der Waals surface area contributed by atoms with Gasteiger partial charge in [0.2, 0.25) is 0 Å². The molecule has 0 aliphatic carbocycles. The molecule has 0 bridgehead atoms. The van der Waals surface area contributed by atoms with Crippen LogP contribution in [0, 0.1) is 0 Å². The van der Waals surface area contributed by atoms with Gasteiger partial charge in [0.1, 0.15) is 0 Å². The van der Waals surface area contributed by atoms with Gasteiger partial charge in [-0.3, -0.25) is 0 Å². The summed E-state index contributed by atoms with van der Waals surface area (Å²) in [6.07, 6.45) is 0. The lowest BCUT2D eigenvalue weighted by molar-refractivity contribution is 0.591. The van der Waals surface area contributed by atoms with E-state index < -0.39 is 0 Å². The van der Waals surface area contributed by atoms with Crippen LogP contribution in [0.2, 0.25) is 0 Å². The maximum absolute atomic E-state index is 2.45. The second kappa shape index (κ2) is 37.1. The van der Waals surface area contributed by atoms with Gasteiger partial charge >= 0.3 is 0 Å². The molecule has 0 fully saturated rings. The third-order valence-electron chi connectivity index (χ3n) is 30.0. The highest BCUT2D eigenvalue weighted by molar-refractivity contribution is 6.29. The Morgan fingerprint density at radius 3 is 0.549 bits per heavy atom. The molecule has 0 heteroatoms. The summed E-state index contributed by atoms with van der Waals surface area (Å²) in [6.45, 7) is 27.6. The average molecular weight is 1850 g/mol. The highest BCUT2D eigenvalue weighted by Gasteiger charge is 2.29. The van der Waals surface area contributed by atoms with Crippen molar-refractivity contribution in [3.63, 3.8) is 0 Å². The quantitative estimate of drug-likeness (QED) is 0.133. The van der Waals surface area contributed by atoms with E-state index in [1.165, 1.54) is 262 Å². The van der Waals surface area contributed by atoms with Gasteiger partial charge in [0.25, 0.3) is 0 Å². The van der Waals surface area contributed by atoms with Gasteiger partial charge in [-0.05, 0) is 326 Å². The van der Waals surface area contributed by atoms with E-state index in [1.54, 1.807) is 0 Å². The molecule has 0 unspecified atom stereocenters. The lowest BCUT2D eigenvalue weighted by Crippen LogP contribution is -2.10. The summed E-state index contributed by atoms with van der Waals surface area (Å²) in [7, 11) is 0. The Labute approximate surface area is 845 Å². The maximum atomic E-state index is 2.45. The lowest BCUT2D eigenvalue weighted by atomic mass is 9.80. The van der Waals surface area contributed by atoms with Crippen LogP contribution in [0.25, 0.3) is 240 Å². The molecule has 0 heterocycles. The fourth-order valence-corrected chi connectivity index (χ4v) is 22.6. The van der Waals surface area contributed by atoms with Crippen LogP contribution in [-0.2, 0) is 21.7 Å².